The summed E-state index contributed by atoms with van der Waals surface area (Å²) >= 11 is 0. The van der Waals surface area contributed by atoms with Crippen LogP contribution in [0, 0.1) is 0 Å². The highest BCUT2D eigenvalue weighted by atomic mass is 15.4. The predicted molar refractivity (Wildman–Crippen MR) is 216 cm³/mol. The number of imidazole rings is 1. The molecule has 0 atom stereocenters. The van der Waals surface area contributed by atoms with Crippen LogP contribution in [0.1, 0.15) is 19.7 Å². The molecule has 0 fully saturated rings. The van der Waals surface area contributed by atoms with Crippen molar-refractivity contribution in [3.8, 4) is 5.69 Å². The van der Waals surface area contributed by atoms with E-state index in [1.807, 2.05) is 72.8 Å². The number of aryl methyl sites for hydroxylation is 1. The molecule has 8 nitrogen and oxygen atoms in total. The third kappa shape index (κ3) is 6.78. The van der Waals surface area contributed by atoms with Crippen molar-refractivity contribution in [1.82, 2.24) is 4.57 Å². The lowest BCUT2D eigenvalue weighted by molar-refractivity contribution is -0.670. The summed E-state index contributed by atoms with van der Waals surface area (Å²) in [5.74, 6) is 2.10. The fourth-order valence-corrected chi connectivity index (χ4v) is 6.82. The number of nitrogens with zero attached hydrogens (tertiary/aromatic N) is 8. The number of azo groups is 2. The lowest BCUT2D eigenvalue weighted by Crippen LogP contribution is -2.35. The first kappa shape index (κ1) is 33.2. The van der Waals surface area contributed by atoms with E-state index in [9.17, 15) is 0 Å². The van der Waals surface area contributed by atoms with Crippen LogP contribution in [-0.2, 0) is 6.54 Å². The van der Waals surface area contributed by atoms with Crippen molar-refractivity contribution >= 4 is 56.9 Å². The Labute approximate surface area is 309 Å². The molecule has 0 saturated heterocycles. The Morgan fingerprint density at radius 2 is 1.09 bits per heavy atom. The topological polar surface area (TPSA) is 64.7 Å². The zero-order chi connectivity index (χ0) is 36.0. The van der Waals surface area contributed by atoms with Gasteiger partial charge in [-0.1, -0.05) is 78.9 Å². The first-order valence-electron chi connectivity index (χ1n) is 17.9. The minimum absolute atomic E-state index is 0.773. The van der Waals surface area contributed by atoms with Gasteiger partial charge in [-0.05, 0) is 98.8 Å². The van der Waals surface area contributed by atoms with Crippen molar-refractivity contribution in [3.05, 3.63) is 182 Å². The molecular formula is C45H39N8+. The van der Waals surface area contributed by atoms with Gasteiger partial charge in [-0.25, -0.2) is 4.57 Å². The summed E-state index contributed by atoms with van der Waals surface area (Å²) in [6.07, 6.45) is 6.56. The number of fused-ring (bicyclic) bond motifs is 2. The molecule has 8 heteroatoms. The molecule has 0 unspecified atom stereocenters. The van der Waals surface area contributed by atoms with E-state index in [0.717, 1.165) is 81.3 Å². The second-order valence-electron chi connectivity index (χ2n) is 12.5. The number of benzene rings is 6. The average molecular weight is 692 g/mol. The standard InChI is InChI=1S/C45H39N8/c1-3-50-42-32-36(48-46-34-18-9-5-10-19-34)28-30-40(42)52(38-22-13-7-14-23-38)44(50)26-17-27-45-51(4-2)43-33-37(49-47-35-20-11-6-12-21-35)29-31-41(43)53(45)39-24-15-8-16-25-39/h5-33H,3-4H2,1-2H3/q+1. The predicted octanol–water partition coefficient (Wildman–Crippen LogP) is 12.3. The van der Waals surface area contributed by atoms with Gasteiger partial charge in [-0.2, -0.15) is 25.0 Å². The van der Waals surface area contributed by atoms with Gasteiger partial charge in [0.05, 0.1) is 40.7 Å². The zero-order valence-corrected chi connectivity index (χ0v) is 29.7. The summed E-state index contributed by atoms with van der Waals surface area (Å²) in [5, 5.41) is 18.1. The molecule has 2 heterocycles. The summed E-state index contributed by atoms with van der Waals surface area (Å²) in [5.41, 5.74) is 9.77. The fourth-order valence-electron chi connectivity index (χ4n) is 6.82. The van der Waals surface area contributed by atoms with Crippen LogP contribution >= 0.6 is 0 Å². The zero-order valence-electron chi connectivity index (χ0n) is 29.7. The van der Waals surface area contributed by atoms with Gasteiger partial charge < -0.3 is 4.90 Å². The van der Waals surface area contributed by atoms with E-state index in [2.05, 4.69) is 156 Å². The summed E-state index contributed by atoms with van der Waals surface area (Å²) in [7, 11) is 0. The summed E-state index contributed by atoms with van der Waals surface area (Å²) in [4.78, 5) is 4.64. The van der Waals surface area contributed by atoms with E-state index >= 15 is 0 Å². The van der Waals surface area contributed by atoms with Gasteiger partial charge in [0.25, 0.3) is 5.82 Å². The molecule has 0 aliphatic carbocycles. The van der Waals surface area contributed by atoms with Crippen molar-refractivity contribution in [2.75, 3.05) is 16.3 Å². The molecule has 0 saturated carbocycles. The van der Waals surface area contributed by atoms with Gasteiger partial charge in [-0.15, -0.1) is 0 Å². The maximum absolute atomic E-state index is 4.59. The first-order valence-corrected chi connectivity index (χ1v) is 17.9. The van der Waals surface area contributed by atoms with Crippen LogP contribution in [0.2, 0.25) is 0 Å². The highest BCUT2D eigenvalue weighted by Crippen LogP contribution is 2.47. The third-order valence-corrected chi connectivity index (χ3v) is 9.22. The third-order valence-electron chi connectivity index (χ3n) is 9.22. The second kappa shape index (κ2) is 15.1. The van der Waals surface area contributed by atoms with Crippen LogP contribution in [0.15, 0.2) is 196 Å². The van der Waals surface area contributed by atoms with Crippen LogP contribution in [0.25, 0.3) is 22.8 Å². The molecule has 0 spiro atoms. The molecular weight excluding hydrogens is 653 g/mol. The Bertz CT molecular complexity index is 2470. The number of anilines is 3. The summed E-state index contributed by atoms with van der Waals surface area (Å²) < 4.78 is 4.64. The van der Waals surface area contributed by atoms with Crippen LogP contribution in [0.5, 0.6) is 0 Å². The Hall–Kier alpha value is -6.93. The highest BCUT2D eigenvalue weighted by molar-refractivity contribution is 5.90. The lowest BCUT2D eigenvalue weighted by atomic mass is 10.2. The summed E-state index contributed by atoms with van der Waals surface area (Å²) in [6.45, 7) is 5.90. The van der Waals surface area contributed by atoms with E-state index in [0.29, 0.717) is 0 Å². The number of hydrogen-bond donors (Lipinski definition) is 0. The minimum Gasteiger partial charge on any atom is -0.326 e. The van der Waals surface area contributed by atoms with Gasteiger partial charge in [0.2, 0.25) is 0 Å². The molecule has 8 rings (SSSR count). The molecule has 6 aromatic carbocycles. The maximum Gasteiger partial charge on any atom is 0.287 e. The van der Waals surface area contributed by atoms with Gasteiger partial charge in [-0.3, -0.25) is 4.90 Å². The number of para-hydroxylation sites is 2. The normalized spacial score (nSPS) is 13.7. The van der Waals surface area contributed by atoms with Crippen molar-refractivity contribution in [3.63, 3.8) is 0 Å². The Balaban J connectivity index is 1.21. The first-order chi connectivity index (χ1) is 26.2. The molecule has 1 aliphatic heterocycles. The largest absolute Gasteiger partial charge is 0.326 e. The molecule has 0 bridgehead atoms. The van der Waals surface area contributed by atoms with Crippen LogP contribution in [0.4, 0.5) is 39.8 Å². The molecule has 53 heavy (non-hydrogen) atoms. The molecule has 0 radical (unpaired) electrons. The van der Waals surface area contributed by atoms with Crippen LogP contribution in [0.3, 0.4) is 0 Å². The molecule has 258 valence electrons. The molecule has 1 aliphatic rings. The SMILES string of the molecule is CCN1C(=CC=Cc2n(-c3ccccc3)c3ccc(N=Nc4ccccc4)cc3[n+]2CC)N(c2ccccc2)c2ccc(N=Nc3ccccc3)cc21. The number of allylic oxidation sites excluding steroid dienone is 2. The molecule has 0 N–H and O–H groups in total. The lowest BCUT2D eigenvalue weighted by Gasteiger charge is -2.24. The van der Waals surface area contributed by atoms with Crippen molar-refractivity contribution < 1.29 is 4.57 Å². The van der Waals surface area contributed by atoms with Crippen molar-refractivity contribution in [2.24, 2.45) is 20.5 Å². The van der Waals surface area contributed by atoms with E-state index in [4.69, 9.17) is 0 Å². The Morgan fingerprint density at radius 3 is 1.70 bits per heavy atom. The smallest absolute Gasteiger partial charge is 0.287 e. The monoisotopic (exact) mass is 691 g/mol. The van der Waals surface area contributed by atoms with Gasteiger partial charge in [0.15, 0.2) is 11.0 Å². The van der Waals surface area contributed by atoms with Crippen molar-refractivity contribution in [1.29, 1.82) is 0 Å². The van der Waals surface area contributed by atoms with Gasteiger partial charge >= 0.3 is 0 Å². The van der Waals surface area contributed by atoms with Crippen LogP contribution in [-0.4, -0.2) is 11.1 Å². The van der Waals surface area contributed by atoms with E-state index < -0.39 is 0 Å². The van der Waals surface area contributed by atoms with Gasteiger partial charge in [0.1, 0.15) is 11.5 Å². The number of aromatic nitrogens is 2. The quantitative estimate of drug-likeness (QED) is 0.106. The van der Waals surface area contributed by atoms with Crippen molar-refractivity contribution in [2.45, 2.75) is 20.4 Å². The van der Waals surface area contributed by atoms with E-state index in [1.165, 1.54) is 0 Å². The fraction of sp³-hybridized carbons (Fsp3) is 0.0889. The van der Waals surface area contributed by atoms with E-state index in [-0.39, 0.29) is 0 Å². The number of hydrogen-bond acceptors (Lipinski definition) is 6. The van der Waals surface area contributed by atoms with E-state index in [1.54, 1.807) is 0 Å². The second-order valence-corrected chi connectivity index (χ2v) is 12.5. The summed E-state index contributed by atoms with van der Waals surface area (Å²) in [6, 6.07) is 53.2. The Kier molecular flexibility index (Phi) is 9.48. The molecule has 1 aromatic heterocycles. The minimum atomic E-state index is 0.773. The van der Waals surface area contributed by atoms with Crippen LogP contribution < -0.4 is 14.4 Å². The van der Waals surface area contributed by atoms with Gasteiger partial charge in [0, 0.05) is 24.4 Å². The molecule has 0 amide bonds. The maximum atomic E-state index is 4.59. The average Bonchev–Trinajstić information content (AvgIpc) is 3.71. The molecule has 7 aromatic rings. The highest BCUT2D eigenvalue weighted by Gasteiger charge is 2.32. The Morgan fingerprint density at radius 1 is 0.547 bits per heavy atom. The number of rotatable bonds is 10.